The van der Waals surface area contributed by atoms with Crippen LogP contribution in [0.5, 0.6) is 0 Å². The standard InChI is InChI=1S/C10H11N3O4S/c11-10(14)17-6-5-12-9-7-3-1-2-4-8(7)18(15,16)13-9/h1-4H,5-6H2,(H2,11,14)(H,12,13). The van der Waals surface area contributed by atoms with Gasteiger partial charge >= 0.3 is 6.09 Å². The lowest BCUT2D eigenvalue weighted by atomic mass is 10.2. The molecule has 1 aliphatic heterocycles. The number of carbonyl (C=O) groups excluding carboxylic acids is 1. The number of nitrogens with one attached hydrogen (secondary N) is 1. The van der Waals surface area contributed by atoms with E-state index < -0.39 is 16.1 Å². The van der Waals surface area contributed by atoms with Crippen molar-refractivity contribution in [3.8, 4) is 0 Å². The molecule has 0 saturated heterocycles. The summed E-state index contributed by atoms with van der Waals surface area (Å²) in [6.07, 6.45) is -0.886. The van der Waals surface area contributed by atoms with Gasteiger partial charge in [-0.3, -0.25) is 9.71 Å². The van der Waals surface area contributed by atoms with Gasteiger partial charge in [0.1, 0.15) is 12.4 Å². The predicted octanol–water partition coefficient (Wildman–Crippen LogP) is -0.180. The molecule has 1 heterocycles. The molecule has 3 N–H and O–H groups in total. The lowest BCUT2D eigenvalue weighted by Gasteiger charge is -2.00. The normalized spacial score (nSPS) is 18.1. The van der Waals surface area contributed by atoms with Crippen LogP contribution in [0.25, 0.3) is 0 Å². The van der Waals surface area contributed by atoms with E-state index in [0.29, 0.717) is 5.56 Å². The molecule has 0 radical (unpaired) electrons. The highest BCUT2D eigenvalue weighted by Gasteiger charge is 2.29. The molecule has 2 rings (SSSR count). The molecule has 8 heteroatoms. The van der Waals surface area contributed by atoms with Gasteiger partial charge in [-0.05, 0) is 12.1 Å². The van der Waals surface area contributed by atoms with Crippen LogP contribution in [0, 0.1) is 0 Å². The molecule has 1 aromatic rings. The molecule has 18 heavy (non-hydrogen) atoms. The van der Waals surface area contributed by atoms with Gasteiger partial charge in [0.05, 0.1) is 11.4 Å². The van der Waals surface area contributed by atoms with Crippen LogP contribution in [0.15, 0.2) is 34.2 Å². The second-order valence-corrected chi connectivity index (χ2v) is 5.15. The molecule has 1 amide bonds. The van der Waals surface area contributed by atoms with Crippen LogP contribution in [0.1, 0.15) is 5.56 Å². The monoisotopic (exact) mass is 269 g/mol. The molecule has 0 aromatic heterocycles. The predicted molar refractivity (Wildman–Crippen MR) is 63.7 cm³/mol. The van der Waals surface area contributed by atoms with Crippen molar-refractivity contribution in [3.63, 3.8) is 0 Å². The highest BCUT2D eigenvalue weighted by Crippen LogP contribution is 2.21. The van der Waals surface area contributed by atoms with Crippen LogP contribution in [-0.4, -0.2) is 33.5 Å². The molecular formula is C10H11N3O4S. The number of primary amides is 1. The van der Waals surface area contributed by atoms with Crippen LogP contribution in [0.4, 0.5) is 4.79 Å². The fourth-order valence-corrected chi connectivity index (χ4v) is 2.81. The summed E-state index contributed by atoms with van der Waals surface area (Å²) in [5, 5.41) is 0. The molecule has 1 aromatic carbocycles. The third kappa shape index (κ3) is 2.43. The molecule has 0 aliphatic carbocycles. The van der Waals surface area contributed by atoms with Crippen molar-refractivity contribution in [1.29, 1.82) is 0 Å². The van der Waals surface area contributed by atoms with Gasteiger partial charge in [0, 0.05) is 5.56 Å². The van der Waals surface area contributed by atoms with Gasteiger partial charge in [-0.2, -0.15) is 0 Å². The fraction of sp³-hybridized carbons (Fsp3) is 0.200. The maximum absolute atomic E-state index is 11.7. The van der Waals surface area contributed by atoms with Crippen molar-refractivity contribution in [2.75, 3.05) is 13.2 Å². The molecule has 0 unspecified atom stereocenters. The van der Waals surface area contributed by atoms with Crippen molar-refractivity contribution < 1.29 is 17.9 Å². The van der Waals surface area contributed by atoms with E-state index in [0.717, 1.165) is 0 Å². The minimum Gasteiger partial charge on any atom is -0.448 e. The Kier molecular flexibility index (Phi) is 3.19. The first-order valence-corrected chi connectivity index (χ1v) is 6.58. The maximum Gasteiger partial charge on any atom is 0.404 e. The van der Waals surface area contributed by atoms with E-state index in [9.17, 15) is 13.2 Å². The number of sulfonamides is 1. The zero-order valence-electron chi connectivity index (χ0n) is 9.29. The number of hydrogen-bond acceptors (Lipinski definition) is 5. The molecule has 96 valence electrons. The number of amidine groups is 1. The zero-order chi connectivity index (χ0) is 13.2. The van der Waals surface area contributed by atoms with Gasteiger partial charge in [0.25, 0.3) is 10.0 Å². The lowest BCUT2D eigenvalue weighted by molar-refractivity contribution is 0.160. The number of hydrogen-bond donors (Lipinski definition) is 2. The van der Waals surface area contributed by atoms with E-state index in [1.165, 1.54) is 6.07 Å². The van der Waals surface area contributed by atoms with E-state index in [1.807, 2.05) is 0 Å². The van der Waals surface area contributed by atoms with Crippen molar-refractivity contribution in [3.05, 3.63) is 29.8 Å². The fourth-order valence-electron chi connectivity index (χ4n) is 1.55. The summed E-state index contributed by atoms with van der Waals surface area (Å²) in [7, 11) is -3.52. The molecule has 0 bridgehead atoms. The third-order valence-electron chi connectivity index (χ3n) is 2.27. The topological polar surface area (TPSA) is 111 Å². The maximum atomic E-state index is 11.7. The summed E-state index contributed by atoms with van der Waals surface area (Å²) in [5.41, 5.74) is 5.30. The first-order chi connectivity index (χ1) is 8.50. The van der Waals surface area contributed by atoms with Crippen molar-refractivity contribution in [1.82, 2.24) is 4.72 Å². The second kappa shape index (κ2) is 4.65. The van der Waals surface area contributed by atoms with E-state index >= 15 is 0 Å². The van der Waals surface area contributed by atoms with Crippen LogP contribution < -0.4 is 10.5 Å². The Morgan fingerprint density at radius 2 is 2.11 bits per heavy atom. The van der Waals surface area contributed by atoms with Crippen LogP contribution >= 0.6 is 0 Å². The summed E-state index contributed by atoms with van der Waals surface area (Å²) in [6, 6.07) is 6.51. The number of nitrogens with two attached hydrogens (primary N) is 1. The van der Waals surface area contributed by atoms with E-state index in [1.54, 1.807) is 18.2 Å². The van der Waals surface area contributed by atoms with E-state index in [4.69, 9.17) is 5.73 Å². The lowest BCUT2D eigenvalue weighted by Crippen LogP contribution is -2.23. The zero-order valence-corrected chi connectivity index (χ0v) is 10.1. The van der Waals surface area contributed by atoms with Gasteiger partial charge in [0.2, 0.25) is 0 Å². The smallest absolute Gasteiger partial charge is 0.404 e. The average molecular weight is 269 g/mol. The van der Waals surface area contributed by atoms with Crippen LogP contribution in [-0.2, 0) is 14.8 Å². The molecule has 7 nitrogen and oxygen atoms in total. The third-order valence-corrected chi connectivity index (χ3v) is 3.67. The number of rotatable bonds is 3. The number of amides is 1. The Labute approximate surface area is 104 Å². The van der Waals surface area contributed by atoms with Crippen LogP contribution in [0.3, 0.4) is 0 Å². The largest absolute Gasteiger partial charge is 0.448 e. The highest BCUT2D eigenvalue weighted by molar-refractivity contribution is 7.90. The summed E-state index contributed by atoms with van der Waals surface area (Å²) < 4.78 is 30.2. The van der Waals surface area contributed by atoms with Crippen molar-refractivity contribution >= 4 is 22.0 Å². The molecule has 0 atom stereocenters. The van der Waals surface area contributed by atoms with Gasteiger partial charge in [-0.15, -0.1) is 0 Å². The van der Waals surface area contributed by atoms with Gasteiger partial charge in [-0.1, -0.05) is 12.1 Å². The minimum absolute atomic E-state index is 0.00271. The highest BCUT2D eigenvalue weighted by atomic mass is 32.2. The average Bonchev–Trinajstić information content (AvgIpc) is 2.57. The molecule has 0 saturated carbocycles. The number of aliphatic imine (C=N–C) groups is 1. The van der Waals surface area contributed by atoms with Gasteiger partial charge in [0.15, 0.2) is 0 Å². The van der Waals surface area contributed by atoms with Crippen molar-refractivity contribution in [2.24, 2.45) is 10.7 Å². The molecule has 0 fully saturated rings. The SMILES string of the molecule is NC(=O)OCCN=C1NS(=O)(=O)c2ccccc21. The Balaban J connectivity index is 2.18. The number of benzene rings is 1. The minimum atomic E-state index is -3.52. The Morgan fingerprint density at radius 3 is 2.83 bits per heavy atom. The quantitative estimate of drug-likeness (QED) is 0.741. The summed E-state index contributed by atoms with van der Waals surface area (Å²) in [6.45, 7) is 0.137. The number of carbonyl (C=O) groups is 1. The second-order valence-electron chi connectivity index (χ2n) is 3.50. The number of nitrogens with zero attached hydrogens (tertiary/aromatic N) is 1. The molecule has 0 spiro atoms. The van der Waals surface area contributed by atoms with E-state index in [-0.39, 0.29) is 23.9 Å². The van der Waals surface area contributed by atoms with E-state index in [2.05, 4.69) is 14.5 Å². The van der Waals surface area contributed by atoms with Crippen LogP contribution in [0.2, 0.25) is 0 Å². The Morgan fingerprint density at radius 1 is 1.39 bits per heavy atom. The Hall–Kier alpha value is -2.09. The Bertz CT molecular complexity index is 609. The van der Waals surface area contributed by atoms with Gasteiger partial charge < -0.3 is 10.5 Å². The molecular weight excluding hydrogens is 258 g/mol. The number of fused-ring (bicyclic) bond motifs is 1. The van der Waals surface area contributed by atoms with Gasteiger partial charge in [-0.25, -0.2) is 13.2 Å². The first kappa shape index (κ1) is 12.4. The summed E-state index contributed by atoms with van der Waals surface area (Å²) in [5.74, 6) is 0.249. The molecule has 1 aliphatic rings. The summed E-state index contributed by atoms with van der Waals surface area (Å²) in [4.78, 5) is 14.6. The number of ether oxygens (including phenoxy) is 1. The summed E-state index contributed by atoms with van der Waals surface area (Å²) >= 11 is 0. The van der Waals surface area contributed by atoms with Crippen molar-refractivity contribution in [2.45, 2.75) is 4.90 Å². The first-order valence-electron chi connectivity index (χ1n) is 5.09.